The van der Waals surface area contributed by atoms with Gasteiger partial charge in [0.25, 0.3) is 11.8 Å². The maximum Gasteiger partial charge on any atom is 0.259 e. The average Bonchev–Trinajstić information content (AvgIpc) is 2.52. The van der Waals surface area contributed by atoms with E-state index < -0.39 is 17.6 Å². The predicted molar refractivity (Wildman–Crippen MR) is 92.4 cm³/mol. The molecule has 0 atom stereocenters. The van der Waals surface area contributed by atoms with Crippen LogP contribution in [0.5, 0.6) is 0 Å². The second-order valence-electron chi connectivity index (χ2n) is 4.70. The van der Waals surface area contributed by atoms with E-state index in [0.717, 1.165) is 6.07 Å². The van der Waals surface area contributed by atoms with Gasteiger partial charge in [-0.05, 0) is 24.3 Å². The Morgan fingerprint density at radius 2 is 2.08 bits per heavy atom. The van der Waals surface area contributed by atoms with E-state index >= 15 is 0 Å². The highest BCUT2D eigenvalue weighted by molar-refractivity contribution is 7.99. The van der Waals surface area contributed by atoms with Crippen LogP contribution in [-0.2, 0) is 0 Å². The van der Waals surface area contributed by atoms with Crippen molar-refractivity contribution in [3.05, 3.63) is 59.9 Å². The Bertz CT molecular complexity index is 811. The zero-order valence-corrected chi connectivity index (χ0v) is 13.4. The summed E-state index contributed by atoms with van der Waals surface area (Å²) in [5.74, 6) is -1.39. The second kappa shape index (κ2) is 7.60. The molecular weight excluding hydrogens is 331 g/mol. The Morgan fingerprint density at radius 3 is 2.71 bits per heavy atom. The molecule has 1 aromatic carbocycles. The number of rotatable bonds is 6. The van der Waals surface area contributed by atoms with Crippen LogP contribution in [-0.4, -0.2) is 22.6 Å². The van der Waals surface area contributed by atoms with Crippen molar-refractivity contribution >= 4 is 35.1 Å². The zero-order chi connectivity index (χ0) is 17.7. The molecule has 1 heterocycles. The number of benzene rings is 1. The number of pyridine rings is 1. The molecule has 0 unspecified atom stereocenters. The summed E-state index contributed by atoms with van der Waals surface area (Å²) in [4.78, 5) is 28.0. The number of nitrogen functional groups attached to an aromatic ring is 1. The van der Waals surface area contributed by atoms with Crippen LogP contribution in [0.1, 0.15) is 20.7 Å². The Morgan fingerprint density at radius 1 is 1.33 bits per heavy atom. The lowest BCUT2D eigenvalue weighted by atomic mass is 10.1. The van der Waals surface area contributed by atoms with Crippen molar-refractivity contribution in [2.75, 3.05) is 16.8 Å². The zero-order valence-electron chi connectivity index (χ0n) is 12.6. The third-order valence-electron chi connectivity index (χ3n) is 2.95. The lowest BCUT2D eigenvalue weighted by Gasteiger charge is -2.11. The first-order valence-corrected chi connectivity index (χ1v) is 7.82. The molecule has 2 rings (SSSR count). The number of primary amides is 1. The van der Waals surface area contributed by atoms with Gasteiger partial charge in [-0.1, -0.05) is 12.1 Å². The van der Waals surface area contributed by atoms with E-state index in [1.807, 2.05) is 0 Å². The fraction of sp³-hybridized carbons (Fsp3) is 0.0625. The molecule has 5 N–H and O–H groups in total. The van der Waals surface area contributed by atoms with E-state index in [1.165, 1.54) is 36.0 Å². The quantitative estimate of drug-likeness (QED) is 0.549. The van der Waals surface area contributed by atoms with Crippen molar-refractivity contribution in [3.63, 3.8) is 0 Å². The van der Waals surface area contributed by atoms with Gasteiger partial charge in [-0.2, -0.15) is 0 Å². The first-order valence-electron chi connectivity index (χ1n) is 6.83. The number of aromatic nitrogens is 1. The molecule has 0 aliphatic rings. The molecule has 1 aromatic heterocycles. The molecule has 24 heavy (non-hydrogen) atoms. The summed E-state index contributed by atoms with van der Waals surface area (Å²) < 4.78 is 13.2. The second-order valence-corrected chi connectivity index (χ2v) is 5.71. The first kappa shape index (κ1) is 17.5. The van der Waals surface area contributed by atoms with E-state index in [9.17, 15) is 14.0 Å². The minimum absolute atomic E-state index is 0.0176. The van der Waals surface area contributed by atoms with Crippen molar-refractivity contribution in [2.45, 2.75) is 5.03 Å². The molecule has 6 nitrogen and oxygen atoms in total. The molecule has 0 radical (unpaired) electrons. The highest BCUT2D eigenvalue weighted by atomic mass is 32.2. The largest absolute Gasteiger partial charge is 0.383 e. The smallest absolute Gasteiger partial charge is 0.259 e. The Labute approximate surface area is 142 Å². The summed E-state index contributed by atoms with van der Waals surface area (Å²) in [5.41, 5.74) is 11.5. The number of nitrogens with two attached hydrogens (primary N) is 2. The van der Waals surface area contributed by atoms with E-state index in [1.54, 1.807) is 6.08 Å². The van der Waals surface area contributed by atoms with Crippen molar-refractivity contribution in [2.24, 2.45) is 5.73 Å². The van der Waals surface area contributed by atoms with Crippen LogP contribution >= 0.6 is 11.8 Å². The third-order valence-corrected chi connectivity index (χ3v) is 3.93. The fourth-order valence-corrected chi connectivity index (χ4v) is 2.63. The number of nitrogens with one attached hydrogen (secondary N) is 1. The van der Waals surface area contributed by atoms with Crippen molar-refractivity contribution in [1.29, 1.82) is 0 Å². The van der Waals surface area contributed by atoms with Gasteiger partial charge in [0.1, 0.15) is 16.7 Å². The van der Waals surface area contributed by atoms with Gasteiger partial charge in [0.2, 0.25) is 0 Å². The van der Waals surface area contributed by atoms with Crippen LogP contribution in [0.15, 0.2) is 48.0 Å². The van der Waals surface area contributed by atoms with Gasteiger partial charge < -0.3 is 16.8 Å². The summed E-state index contributed by atoms with van der Waals surface area (Å²) in [6, 6.07) is 6.67. The average molecular weight is 346 g/mol. The SMILES string of the molecule is C=CCSc1nc(N)c(C(=O)Nc2cccc(F)c2)cc1C(N)=O. The van der Waals surface area contributed by atoms with Crippen LogP contribution in [0, 0.1) is 5.82 Å². The molecule has 0 fully saturated rings. The molecule has 2 amide bonds. The molecule has 0 aliphatic carbocycles. The number of carbonyl (C=O) groups is 2. The Hall–Kier alpha value is -2.87. The molecule has 0 spiro atoms. The first-order chi connectivity index (χ1) is 11.4. The molecule has 0 saturated heterocycles. The van der Waals surface area contributed by atoms with Gasteiger partial charge in [-0.15, -0.1) is 18.3 Å². The number of thioether (sulfide) groups is 1. The number of amides is 2. The summed E-state index contributed by atoms with van der Waals surface area (Å²) in [6.07, 6.45) is 1.64. The molecule has 0 bridgehead atoms. The van der Waals surface area contributed by atoms with Crippen LogP contribution in [0.25, 0.3) is 0 Å². The van der Waals surface area contributed by atoms with Gasteiger partial charge in [-0.25, -0.2) is 9.37 Å². The lowest BCUT2D eigenvalue weighted by Crippen LogP contribution is -2.19. The van der Waals surface area contributed by atoms with Crippen LogP contribution in [0.2, 0.25) is 0 Å². The minimum Gasteiger partial charge on any atom is -0.383 e. The molecule has 2 aromatic rings. The van der Waals surface area contributed by atoms with Gasteiger partial charge in [0.05, 0.1) is 11.1 Å². The maximum absolute atomic E-state index is 13.2. The van der Waals surface area contributed by atoms with E-state index in [2.05, 4.69) is 16.9 Å². The minimum atomic E-state index is -0.728. The number of hydrogen-bond donors (Lipinski definition) is 3. The fourth-order valence-electron chi connectivity index (χ4n) is 1.88. The van der Waals surface area contributed by atoms with Gasteiger partial charge in [0.15, 0.2) is 0 Å². The van der Waals surface area contributed by atoms with Crippen LogP contribution in [0.4, 0.5) is 15.9 Å². The van der Waals surface area contributed by atoms with Gasteiger partial charge in [-0.3, -0.25) is 9.59 Å². The van der Waals surface area contributed by atoms with E-state index in [0.29, 0.717) is 10.8 Å². The molecule has 124 valence electrons. The topological polar surface area (TPSA) is 111 Å². The van der Waals surface area contributed by atoms with E-state index in [-0.39, 0.29) is 22.6 Å². The van der Waals surface area contributed by atoms with Crippen molar-refractivity contribution in [3.8, 4) is 0 Å². The molecule has 0 saturated carbocycles. The predicted octanol–water partition coefficient (Wildman–Crippen LogP) is 2.43. The summed E-state index contributed by atoms with van der Waals surface area (Å²) in [7, 11) is 0. The van der Waals surface area contributed by atoms with E-state index in [4.69, 9.17) is 11.5 Å². The highest BCUT2D eigenvalue weighted by Crippen LogP contribution is 2.25. The third kappa shape index (κ3) is 4.11. The number of nitrogens with zero attached hydrogens (tertiary/aromatic N) is 1. The maximum atomic E-state index is 13.2. The lowest BCUT2D eigenvalue weighted by molar-refractivity contribution is 0.0997. The summed E-state index contributed by atoms with van der Waals surface area (Å²) >= 11 is 1.22. The number of anilines is 2. The Kier molecular flexibility index (Phi) is 5.54. The van der Waals surface area contributed by atoms with Crippen molar-refractivity contribution in [1.82, 2.24) is 4.98 Å². The van der Waals surface area contributed by atoms with Gasteiger partial charge in [0, 0.05) is 11.4 Å². The molecule has 8 heteroatoms. The number of carbonyl (C=O) groups excluding carboxylic acids is 2. The van der Waals surface area contributed by atoms with Gasteiger partial charge >= 0.3 is 0 Å². The normalized spacial score (nSPS) is 10.2. The van der Waals surface area contributed by atoms with Crippen molar-refractivity contribution < 1.29 is 14.0 Å². The van der Waals surface area contributed by atoms with Crippen LogP contribution in [0.3, 0.4) is 0 Å². The Balaban J connectivity index is 2.35. The van der Waals surface area contributed by atoms with Crippen LogP contribution < -0.4 is 16.8 Å². The molecule has 0 aliphatic heterocycles. The monoisotopic (exact) mass is 346 g/mol. The standard InChI is InChI=1S/C16H15FN4O2S/c1-2-6-24-16-12(14(19)22)8-11(13(18)21-16)15(23)20-10-5-3-4-9(17)7-10/h2-5,7-8H,1,6H2,(H2,18,21)(H2,19,22)(H,20,23). The number of hydrogen-bond acceptors (Lipinski definition) is 5. The number of halogens is 1. The summed E-state index contributed by atoms with van der Waals surface area (Å²) in [6.45, 7) is 3.58. The highest BCUT2D eigenvalue weighted by Gasteiger charge is 2.19. The molecular formula is C16H15FN4O2S. The summed E-state index contributed by atoms with van der Waals surface area (Å²) in [5, 5.41) is 2.82.